The van der Waals surface area contributed by atoms with Crippen LogP contribution < -0.4 is 24.3 Å². The van der Waals surface area contributed by atoms with E-state index in [0.717, 1.165) is 21.8 Å². The summed E-state index contributed by atoms with van der Waals surface area (Å²) in [7, 11) is 6.22. The fourth-order valence-electron chi connectivity index (χ4n) is 5.49. The molecule has 0 unspecified atom stereocenters. The van der Waals surface area contributed by atoms with Crippen molar-refractivity contribution in [3.63, 3.8) is 0 Å². The molecule has 252 valence electrons. The molecule has 0 aliphatic carbocycles. The van der Waals surface area contributed by atoms with Gasteiger partial charge in [0.25, 0.3) is 11.8 Å². The first-order valence-electron chi connectivity index (χ1n) is 15.2. The summed E-state index contributed by atoms with van der Waals surface area (Å²) >= 11 is 2.82. The molecule has 49 heavy (non-hydrogen) atoms. The monoisotopic (exact) mass is 698 g/mol. The second-order valence-electron chi connectivity index (χ2n) is 10.7. The molecule has 1 aliphatic heterocycles. The lowest BCUT2D eigenvalue weighted by Crippen LogP contribution is -2.29. The number of methoxy groups -OCH3 is 4. The molecule has 3 aromatic carbocycles. The van der Waals surface area contributed by atoms with Crippen LogP contribution in [0.15, 0.2) is 94.5 Å². The van der Waals surface area contributed by atoms with Gasteiger partial charge in [-0.25, -0.2) is 5.01 Å². The number of thioether (sulfide) groups is 1. The van der Waals surface area contributed by atoms with E-state index in [0.29, 0.717) is 46.0 Å². The number of ether oxygens (including phenoxy) is 4. The van der Waals surface area contributed by atoms with E-state index in [-0.39, 0.29) is 24.1 Å². The zero-order chi connectivity index (χ0) is 34.3. The predicted octanol–water partition coefficient (Wildman–Crippen LogP) is 5.76. The molecule has 14 heteroatoms. The van der Waals surface area contributed by atoms with Crippen molar-refractivity contribution in [3.8, 4) is 28.7 Å². The van der Waals surface area contributed by atoms with Crippen LogP contribution in [0.25, 0.3) is 5.69 Å². The maximum absolute atomic E-state index is 14.0. The van der Waals surface area contributed by atoms with Crippen LogP contribution in [0.3, 0.4) is 0 Å². The quantitative estimate of drug-likeness (QED) is 0.153. The van der Waals surface area contributed by atoms with Gasteiger partial charge in [-0.15, -0.1) is 21.5 Å². The van der Waals surface area contributed by atoms with Crippen LogP contribution in [0.2, 0.25) is 0 Å². The van der Waals surface area contributed by atoms with E-state index in [4.69, 9.17) is 24.0 Å². The molecule has 0 saturated carbocycles. The molecule has 6 rings (SSSR count). The lowest BCUT2D eigenvalue weighted by atomic mass is 9.99. The smallest absolute Gasteiger partial charge is 0.253 e. The van der Waals surface area contributed by atoms with Gasteiger partial charge in [-0.05, 0) is 41.8 Å². The van der Waals surface area contributed by atoms with E-state index < -0.39 is 6.04 Å². The SMILES string of the molecule is COc1cc(OC)cc(C(=O)NCc2nnc(SCC(=O)N3N=C(c4cccs4)C[C@H]3c3cccc(OC)c3OC)n2-c2ccccc2)c1. The van der Waals surface area contributed by atoms with Crippen molar-refractivity contribution in [1.82, 2.24) is 25.1 Å². The average Bonchev–Trinajstić information content (AvgIpc) is 3.93. The average molecular weight is 699 g/mol. The van der Waals surface area contributed by atoms with Crippen LogP contribution in [0.1, 0.15) is 39.1 Å². The van der Waals surface area contributed by atoms with Gasteiger partial charge in [-0.2, -0.15) is 5.10 Å². The van der Waals surface area contributed by atoms with E-state index in [2.05, 4.69) is 15.5 Å². The van der Waals surface area contributed by atoms with Crippen molar-refractivity contribution < 1.29 is 28.5 Å². The Labute approximate surface area is 291 Å². The van der Waals surface area contributed by atoms with Gasteiger partial charge in [0.2, 0.25) is 0 Å². The third kappa shape index (κ3) is 7.25. The van der Waals surface area contributed by atoms with E-state index in [1.54, 1.807) is 43.8 Å². The van der Waals surface area contributed by atoms with E-state index in [1.165, 1.54) is 31.0 Å². The normalized spacial score (nSPS) is 13.9. The van der Waals surface area contributed by atoms with Gasteiger partial charge in [-0.3, -0.25) is 14.2 Å². The minimum absolute atomic E-state index is 0.0327. The highest BCUT2D eigenvalue weighted by molar-refractivity contribution is 7.99. The third-order valence-electron chi connectivity index (χ3n) is 7.82. The lowest BCUT2D eigenvalue weighted by Gasteiger charge is -2.24. The summed E-state index contributed by atoms with van der Waals surface area (Å²) < 4.78 is 23.7. The number of benzene rings is 3. The molecule has 2 amide bonds. The standard InChI is InChI=1S/C35H34N6O6S2/c1-44-24-16-22(17-25(18-24)45-2)34(43)36-20-31-37-38-35(40(31)23-10-6-5-7-11-23)49-21-32(42)41-28(19-27(39-41)30-14-9-15-48-30)26-12-8-13-29(46-3)33(26)47-4/h5-18,28H,19-21H2,1-4H3,(H,36,43)/t28-/m0/s1. The Bertz CT molecular complexity index is 1940. The first kappa shape index (κ1) is 33.6. The number of amides is 2. The number of thiophene rings is 1. The predicted molar refractivity (Wildman–Crippen MR) is 187 cm³/mol. The van der Waals surface area contributed by atoms with Crippen LogP contribution in [0.4, 0.5) is 0 Å². The minimum atomic E-state index is -0.400. The number of carbonyl (C=O) groups excluding carboxylic acids is 2. The largest absolute Gasteiger partial charge is 0.497 e. The highest BCUT2D eigenvalue weighted by atomic mass is 32.2. The summed E-state index contributed by atoms with van der Waals surface area (Å²) in [5, 5.41) is 20.6. The van der Waals surface area contributed by atoms with Crippen molar-refractivity contribution in [2.24, 2.45) is 5.10 Å². The molecular formula is C35H34N6O6S2. The molecule has 5 aromatic rings. The second-order valence-corrected chi connectivity index (χ2v) is 12.6. The third-order valence-corrected chi connectivity index (χ3v) is 9.66. The maximum atomic E-state index is 14.0. The fraction of sp³-hybridized carbons (Fsp3) is 0.229. The highest BCUT2D eigenvalue weighted by Crippen LogP contribution is 2.42. The maximum Gasteiger partial charge on any atom is 0.253 e. The van der Waals surface area contributed by atoms with Crippen molar-refractivity contribution in [2.75, 3.05) is 34.2 Å². The fourth-order valence-corrected chi connectivity index (χ4v) is 7.03. The van der Waals surface area contributed by atoms with Crippen molar-refractivity contribution in [2.45, 2.75) is 24.2 Å². The summed E-state index contributed by atoms with van der Waals surface area (Å²) in [6.07, 6.45) is 0.518. The van der Waals surface area contributed by atoms with Crippen molar-refractivity contribution in [3.05, 3.63) is 106 Å². The molecule has 0 radical (unpaired) electrons. The van der Waals surface area contributed by atoms with Gasteiger partial charge >= 0.3 is 0 Å². The lowest BCUT2D eigenvalue weighted by molar-refractivity contribution is -0.130. The molecule has 1 N–H and O–H groups in total. The Morgan fingerprint density at radius 1 is 0.898 bits per heavy atom. The molecule has 12 nitrogen and oxygen atoms in total. The number of aromatic nitrogens is 3. The number of nitrogens with one attached hydrogen (secondary N) is 1. The van der Waals surface area contributed by atoms with Crippen LogP contribution in [-0.4, -0.2) is 71.5 Å². The Balaban J connectivity index is 1.25. The number of para-hydroxylation sites is 2. The van der Waals surface area contributed by atoms with Gasteiger partial charge < -0.3 is 24.3 Å². The highest BCUT2D eigenvalue weighted by Gasteiger charge is 2.36. The van der Waals surface area contributed by atoms with Crippen LogP contribution in [0.5, 0.6) is 23.0 Å². The Morgan fingerprint density at radius 2 is 1.67 bits per heavy atom. The Hall–Kier alpha value is -5.34. The van der Waals surface area contributed by atoms with Gasteiger partial charge in [0.05, 0.1) is 57.4 Å². The molecule has 0 bridgehead atoms. The molecule has 3 heterocycles. The van der Waals surface area contributed by atoms with Gasteiger partial charge in [-0.1, -0.05) is 48.2 Å². The van der Waals surface area contributed by atoms with Crippen LogP contribution >= 0.6 is 23.1 Å². The Kier molecular flexibility index (Phi) is 10.4. The van der Waals surface area contributed by atoms with Crippen LogP contribution in [-0.2, 0) is 11.3 Å². The number of hydrogen-bond acceptors (Lipinski definition) is 11. The Morgan fingerprint density at radius 3 is 2.35 bits per heavy atom. The summed E-state index contributed by atoms with van der Waals surface area (Å²) in [6.45, 7) is 0.0764. The number of hydrogen-bond donors (Lipinski definition) is 1. The van der Waals surface area contributed by atoms with Gasteiger partial charge in [0.1, 0.15) is 11.5 Å². The molecule has 0 spiro atoms. The molecule has 1 atom stereocenters. The van der Waals surface area contributed by atoms with Gasteiger partial charge in [0, 0.05) is 29.3 Å². The summed E-state index contributed by atoms with van der Waals surface area (Å²) in [5.41, 5.74) is 2.78. The summed E-state index contributed by atoms with van der Waals surface area (Å²) in [4.78, 5) is 28.1. The molecule has 1 aliphatic rings. The molecule has 0 saturated heterocycles. The van der Waals surface area contributed by atoms with E-state index in [1.807, 2.05) is 70.6 Å². The molecular weight excluding hydrogens is 665 g/mol. The molecule has 2 aromatic heterocycles. The van der Waals surface area contributed by atoms with Crippen molar-refractivity contribution >= 4 is 40.6 Å². The number of carbonyl (C=O) groups is 2. The number of nitrogens with zero attached hydrogens (tertiary/aromatic N) is 5. The minimum Gasteiger partial charge on any atom is -0.497 e. The topological polar surface area (TPSA) is 129 Å². The zero-order valence-corrected chi connectivity index (χ0v) is 28.9. The van der Waals surface area contributed by atoms with Crippen LogP contribution in [0, 0.1) is 0 Å². The first-order valence-corrected chi connectivity index (χ1v) is 17.1. The van der Waals surface area contributed by atoms with E-state index in [9.17, 15) is 9.59 Å². The summed E-state index contributed by atoms with van der Waals surface area (Å²) in [5.74, 6) is 2.10. The first-order chi connectivity index (χ1) is 23.9. The second kappa shape index (κ2) is 15.3. The van der Waals surface area contributed by atoms with Crippen molar-refractivity contribution in [1.29, 1.82) is 0 Å². The molecule has 0 fully saturated rings. The zero-order valence-electron chi connectivity index (χ0n) is 27.3. The van der Waals surface area contributed by atoms with E-state index >= 15 is 0 Å². The number of rotatable bonds is 13. The number of hydrazone groups is 1. The summed E-state index contributed by atoms with van der Waals surface area (Å²) in [6, 6.07) is 23.7. The van der Waals surface area contributed by atoms with Gasteiger partial charge in [0.15, 0.2) is 22.5 Å².